The van der Waals surface area contributed by atoms with Crippen molar-refractivity contribution in [3.8, 4) is 5.75 Å². The van der Waals surface area contributed by atoms with Crippen LogP contribution in [0.4, 0.5) is 5.69 Å². The first-order valence-corrected chi connectivity index (χ1v) is 5.12. The minimum absolute atomic E-state index is 0. The maximum atomic E-state index is 9.29. The molecule has 1 aromatic rings. The van der Waals surface area contributed by atoms with Gasteiger partial charge in [0.15, 0.2) is 0 Å². The first-order valence-electron chi connectivity index (χ1n) is 3.76. The number of rotatable bonds is 3. The van der Waals surface area contributed by atoms with Gasteiger partial charge in [0.2, 0.25) is 0 Å². The van der Waals surface area contributed by atoms with Crippen LogP contribution in [0.25, 0.3) is 0 Å². The lowest BCUT2D eigenvalue weighted by Gasteiger charge is -2.06. The summed E-state index contributed by atoms with van der Waals surface area (Å²) in [5.74, 6) is 0.820. The molecule has 8 heteroatoms. The molecule has 0 saturated heterocycles. The van der Waals surface area contributed by atoms with E-state index >= 15 is 0 Å². The van der Waals surface area contributed by atoms with Crippen molar-refractivity contribution < 1.29 is 10.6 Å². The van der Waals surface area contributed by atoms with E-state index in [1.807, 2.05) is 0 Å². The molecule has 0 bridgehead atoms. The van der Waals surface area contributed by atoms with Gasteiger partial charge in [-0.05, 0) is 12.1 Å². The van der Waals surface area contributed by atoms with Gasteiger partial charge in [0.1, 0.15) is 5.75 Å². The highest BCUT2D eigenvalue weighted by Gasteiger charge is 2.05. The Balaban J connectivity index is -0.000000563. The highest BCUT2D eigenvalue weighted by Crippen LogP contribution is 2.33. The van der Waals surface area contributed by atoms with Gasteiger partial charge in [-0.25, -0.2) is 0 Å². The Morgan fingerprint density at radius 2 is 1.88 bits per heavy atom. The van der Waals surface area contributed by atoms with E-state index in [1.54, 1.807) is 6.07 Å². The Labute approximate surface area is 116 Å². The van der Waals surface area contributed by atoms with Crippen molar-refractivity contribution in [1.29, 1.82) is 0 Å². The molecule has 96 valence electrons. The Hall–Kier alpha value is -0.0400. The van der Waals surface area contributed by atoms with Gasteiger partial charge in [0.05, 0.1) is 5.02 Å². The summed E-state index contributed by atoms with van der Waals surface area (Å²) in [6.45, 7) is 0.577. The quantitative estimate of drug-likeness (QED) is 0.449. The molecule has 4 nitrogen and oxygen atoms in total. The molecule has 7 N–H and O–H groups in total. The number of nitrogen functional groups attached to an aromatic ring is 1. The predicted molar refractivity (Wildman–Crippen MR) is 75.4 cm³/mol. The summed E-state index contributed by atoms with van der Waals surface area (Å²) in [7, 11) is 0. The third kappa shape index (κ3) is 5.89. The normalized spacial score (nSPS) is 8.38. The summed E-state index contributed by atoms with van der Waals surface area (Å²) in [6.07, 6.45) is 0. The minimum Gasteiger partial charge on any atom is -0.506 e. The zero-order chi connectivity index (χ0) is 9.84. The van der Waals surface area contributed by atoms with Crippen LogP contribution in [0.15, 0.2) is 17.0 Å². The van der Waals surface area contributed by atoms with E-state index in [1.165, 1.54) is 17.8 Å². The van der Waals surface area contributed by atoms with Crippen molar-refractivity contribution in [2.24, 2.45) is 5.73 Å². The highest BCUT2D eigenvalue weighted by atomic mass is 35.5. The van der Waals surface area contributed by atoms with Crippen molar-refractivity contribution in [1.82, 2.24) is 0 Å². The number of nitrogens with two attached hydrogens (primary N) is 2. The van der Waals surface area contributed by atoms with Crippen LogP contribution in [0.1, 0.15) is 0 Å². The van der Waals surface area contributed by atoms with Crippen molar-refractivity contribution in [3.05, 3.63) is 17.2 Å². The van der Waals surface area contributed by atoms with Crippen molar-refractivity contribution in [2.75, 3.05) is 18.0 Å². The molecule has 16 heavy (non-hydrogen) atoms. The molecule has 0 saturated carbocycles. The number of halogens is 3. The van der Waals surface area contributed by atoms with E-state index in [0.29, 0.717) is 12.2 Å². The third-order valence-corrected chi connectivity index (χ3v) is 2.86. The molecule has 1 rings (SSSR count). The molecule has 0 heterocycles. The molecule has 1 aromatic carbocycles. The van der Waals surface area contributed by atoms with Crippen LogP contribution in [-0.4, -0.2) is 22.9 Å². The molecule has 0 fully saturated rings. The Bertz CT molecular complexity index is 316. The van der Waals surface area contributed by atoms with E-state index in [2.05, 4.69) is 0 Å². The molecule has 0 radical (unpaired) electrons. The van der Waals surface area contributed by atoms with Crippen molar-refractivity contribution >= 4 is 53.9 Å². The van der Waals surface area contributed by atoms with Crippen LogP contribution >= 0.6 is 48.2 Å². The maximum Gasteiger partial charge on any atom is 0.135 e. The molecule has 0 aliphatic carbocycles. The smallest absolute Gasteiger partial charge is 0.135 e. The molecule has 0 aliphatic rings. The van der Waals surface area contributed by atoms with E-state index < -0.39 is 0 Å². The summed E-state index contributed by atoms with van der Waals surface area (Å²) >= 11 is 7.16. The summed E-state index contributed by atoms with van der Waals surface area (Å²) in [4.78, 5) is 0.812. The van der Waals surface area contributed by atoms with E-state index in [9.17, 15) is 5.11 Å². The number of aromatic hydroxyl groups is 1. The van der Waals surface area contributed by atoms with Gasteiger partial charge in [0, 0.05) is 22.9 Å². The lowest BCUT2D eigenvalue weighted by molar-refractivity contribution is 0.474. The molecule has 0 aliphatic heterocycles. The molecule has 0 aromatic heterocycles. The fraction of sp³-hybridized carbons (Fsp3) is 0.250. The monoisotopic (exact) mass is 308 g/mol. The number of benzene rings is 1. The fourth-order valence-corrected chi connectivity index (χ4v) is 1.78. The molecule has 0 amide bonds. The van der Waals surface area contributed by atoms with Crippen molar-refractivity contribution in [3.63, 3.8) is 0 Å². The van der Waals surface area contributed by atoms with E-state index in [4.69, 9.17) is 23.1 Å². The first kappa shape index (κ1) is 21.3. The second-order valence-corrected chi connectivity index (χ2v) is 4.02. The number of hydrogen-bond acceptors (Lipinski definition) is 4. The van der Waals surface area contributed by atoms with Gasteiger partial charge < -0.3 is 22.1 Å². The highest BCUT2D eigenvalue weighted by molar-refractivity contribution is 7.99. The summed E-state index contributed by atoms with van der Waals surface area (Å²) in [6, 6.07) is 3.09. The lowest BCUT2D eigenvalue weighted by atomic mass is 10.3. The number of hydrogen-bond donors (Lipinski definition) is 3. The molecule has 0 spiro atoms. The SMILES string of the molecule is Cl.Cl.NCCSc1cc(O)c(Cl)cc1N.O. The zero-order valence-corrected chi connectivity index (χ0v) is 11.5. The molecule has 0 unspecified atom stereocenters. The second kappa shape index (κ2) is 10.1. The fourth-order valence-electron chi connectivity index (χ4n) is 0.852. The summed E-state index contributed by atoms with van der Waals surface area (Å²) < 4.78 is 0. The van der Waals surface area contributed by atoms with Crippen LogP contribution in [0.5, 0.6) is 5.75 Å². The number of anilines is 1. The largest absolute Gasteiger partial charge is 0.506 e. The van der Waals surface area contributed by atoms with Gasteiger partial charge in [-0.3, -0.25) is 0 Å². The van der Waals surface area contributed by atoms with Gasteiger partial charge in [-0.15, -0.1) is 36.6 Å². The maximum absolute atomic E-state index is 9.29. The van der Waals surface area contributed by atoms with Crippen LogP contribution in [0.2, 0.25) is 5.02 Å². The van der Waals surface area contributed by atoms with E-state index in [-0.39, 0.29) is 41.1 Å². The van der Waals surface area contributed by atoms with Gasteiger partial charge in [-0.2, -0.15) is 0 Å². The average Bonchev–Trinajstić information content (AvgIpc) is 2.09. The number of thioether (sulfide) groups is 1. The zero-order valence-electron chi connectivity index (χ0n) is 8.27. The summed E-state index contributed by atoms with van der Waals surface area (Å²) in [5, 5.41) is 9.56. The first-order chi connectivity index (χ1) is 6.15. The van der Waals surface area contributed by atoms with E-state index in [0.717, 1.165) is 10.6 Å². The van der Waals surface area contributed by atoms with Crippen LogP contribution in [0.3, 0.4) is 0 Å². The van der Waals surface area contributed by atoms with Gasteiger partial charge >= 0.3 is 0 Å². The minimum atomic E-state index is 0. The number of phenols is 1. The third-order valence-electron chi connectivity index (χ3n) is 1.45. The topological polar surface area (TPSA) is 104 Å². The number of phenolic OH excluding ortho intramolecular Hbond substituents is 1. The molecule has 0 atom stereocenters. The Kier molecular flexibility index (Phi) is 13.5. The average molecular weight is 310 g/mol. The van der Waals surface area contributed by atoms with Gasteiger partial charge in [0.25, 0.3) is 0 Å². The van der Waals surface area contributed by atoms with Crippen LogP contribution < -0.4 is 11.5 Å². The van der Waals surface area contributed by atoms with Crippen molar-refractivity contribution in [2.45, 2.75) is 4.90 Å². The van der Waals surface area contributed by atoms with Crippen LogP contribution in [-0.2, 0) is 0 Å². The van der Waals surface area contributed by atoms with Crippen LogP contribution in [0, 0.1) is 0 Å². The van der Waals surface area contributed by atoms with Gasteiger partial charge in [-0.1, -0.05) is 11.6 Å². The Morgan fingerprint density at radius 3 is 2.38 bits per heavy atom. The second-order valence-electron chi connectivity index (χ2n) is 2.48. The molecular weight excluding hydrogens is 295 g/mol. The lowest BCUT2D eigenvalue weighted by Crippen LogP contribution is -2.01. The standard InChI is InChI=1S/C8H11ClN2OS.2ClH.H2O/c9-5-3-6(11)8(4-7(5)12)13-2-1-10;;;/h3-4,12H,1-2,10-11H2;2*1H;1H2. The predicted octanol–water partition coefficient (Wildman–Crippen LogP) is 1.70. The molecular formula is C8H15Cl3N2O2S. The summed E-state index contributed by atoms with van der Waals surface area (Å²) in [5.41, 5.74) is 11.6. The Morgan fingerprint density at radius 1 is 1.31 bits per heavy atom.